The first-order valence-electron chi connectivity index (χ1n) is 6.97. The second-order valence-electron chi connectivity index (χ2n) is 5.70. The molecule has 3 nitrogen and oxygen atoms in total. The van der Waals surface area contributed by atoms with Crippen molar-refractivity contribution in [3.05, 3.63) is 35.9 Å². The normalized spacial score (nSPS) is 17.9. The van der Waals surface area contributed by atoms with Crippen LogP contribution < -0.4 is 0 Å². The number of benzene rings is 1. The summed E-state index contributed by atoms with van der Waals surface area (Å²) in [4.78, 5) is 0. The third kappa shape index (κ3) is 3.37. The van der Waals surface area contributed by atoms with E-state index < -0.39 is 10.0 Å². The zero-order valence-corrected chi connectivity index (χ0v) is 12.7. The molecular formula is C15H23NO2S. The van der Waals surface area contributed by atoms with Gasteiger partial charge in [0.1, 0.15) is 0 Å². The first-order valence-corrected chi connectivity index (χ1v) is 8.48. The number of nitrogens with zero attached hydrogens (tertiary/aromatic N) is 1. The molecule has 0 heterocycles. The molecule has 0 saturated heterocycles. The van der Waals surface area contributed by atoms with Gasteiger partial charge in [-0.25, -0.2) is 8.42 Å². The Bertz CT molecular complexity index is 506. The molecule has 1 aliphatic rings. The SMILES string of the molecule is CC(C1CC1)N(Cc1ccccc1)S(=O)(=O)C(C)C. The van der Waals surface area contributed by atoms with Gasteiger partial charge in [-0.3, -0.25) is 0 Å². The van der Waals surface area contributed by atoms with Crippen molar-refractivity contribution < 1.29 is 8.42 Å². The minimum Gasteiger partial charge on any atom is -0.212 e. The lowest BCUT2D eigenvalue weighted by Gasteiger charge is -2.30. The van der Waals surface area contributed by atoms with Crippen LogP contribution in [0.25, 0.3) is 0 Å². The molecule has 1 unspecified atom stereocenters. The summed E-state index contributed by atoms with van der Waals surface area (Å²) >= 11 is 0. The van der Waals surface area contributed by atoms with E-state index >= 15 is 0 Å². The van der Waals surface area contributed by atoms with Crippen molar-refractivity contribution >= 4 is 10.0 Å². The van der Waals surface area contributed by atoms with Gasteiger partial charge in [0.05, 0.1) is 5.25 Å². The van der Waals surface area contributed by atoms with Crippen molar-refractivity contribution in [1.29, 1.82) is 0 Å². The predicted molar refractivity (Wildman–Crippen MR) is 78.2 cm³/mol. The molecule has 1 aliphatic carbocycles. The molecule has 0 aliphatic heterocycles. The van der Waals surface area contributed by atoms with Gasteiger partial charge < -0.3 is 0 Å². The van der Waals surface area contributed by atoms with E-state index in [0.29, 0.717) is 12.5 Å². The summed E-state index contributed by atoms with van der Waals surface area (Å²) < 4.78 is 26.8. The molecule has 0 bridgehead atoms. The van der Waals surface area contributed by atoms with Crippen molar-refractivity contribution in [2.24, 2.45) is 5.92 Å². The smallest absolute Gasteiger partial charge is 0.212 e. The molecule has 0 amide bonds. The van der Waals surface area contributed by atoms with E-state index in [2.05, 4.69) is 0 Å². The molecule has 0 aromatic heterocycles. The minimum atomic E-state index is -3.21. The highest BCUT2D eigenvalue weighted by atomic mass is 32.2. The summed E-state index contributed by atoms with van der Waals surface area (Å²) in [6, 6.07) is 9.95. The van der Waals surface area contributed by atoms with Crippen molar-refractivity contribution in [1.82, 2.24) is 4.31 Å². The van der Waals surface area contributed by atoms with E-state index in [-0.39, 0.29) is 11.3 Å². The Hall–Kier alpha value is -0.870. The standard InChI is InChI=1S/C15H23NO2S/c1-12(2)19(17,18)16(13(3)15-9-10-15)11-14-7-5-4-6-8-14/h4-8,12-13,15H,9-11H2,1-3H3. The minimum absolute atomic E-state index is 0.104. The van der Waals surface area contributed by atoms with Crippen molar-refractivity contribution in [2.75, 3.05) is 0 Å². The third-order valence-corrected chi connectivity index (χ3v) is 6.17. The van der Waals surface area contributed by atoms with E-state index in [1.165, 1.54) is 0 Å². The number of rotatable bonds is 6. The molecule has 19 heavy (non-hydrogen) atoms. The molecule has 1 fully saturated rings. The van der Waals surface area contributed by atoms with Gasteiger partial charge in [0.2, 0.25) is 10.0 Å². The largest absolute Gasteiger partial charge is 0.216 e. The van der Waals surface area contributed by atoms with Gasteiger partial charge in [0.25, 0.3) is 0 Å². The molecule has 4 heteroatoms. The van der Waals surface area contributed by atoms with Gasteiger partial charge >= 0.3 is 0 Å². The molecular weight excluding hydrogens is 258 g/mol. The molecule has 0 radical (unpaired) electrons. The average molecular weight is 281 g/mol. The van der Waals surface area contributed by atoms with Crippen LogP contribution in [0.2, 0.25) is 0 Å². The van der Waals surface area contributed by atoms with Crippen LogP contribution in [0.15, 0.2) is 30.3 Å². The molecule has 1 saturated carbocycles. The molecule has 1 aromatic rings. The summed E-state index contributed by atoms with van der Waals surface area (Å²) in [5.41, 5.74) is 1.05. The fraction of sp³-hybridized carbons (Fsp3) is 0.600. The summed E-state index contributed by atoms with van der Waals surface area (Å²) in [7, 11) is -3.21. The second kappa shape index (κ2) is 5.63. The van der Waals surface area contributed by atoms with Crippen molar-refractivity contribution in [3.63, 3.8) is 0 Å². The number of sulfonamides is 1. The van der Waals surface area contributed by atoms with E-state index in [1.807, 2.05) is 37.3 Å². The first-order chi connectivity index (χ1) is 8.93. The molecule has 1 atom stereocenters. The van der Waals surface area contributed by atoms with Gasteiger partial charge in [-0.2, -0.15) is 4.31 Å². The van der Waals surface area contributed by atoms with Crippen molar-refractivity contribution in [2.45, 2.75) is 51.4 Å². The summed E-state index contributed by atoms with van der Waals surface area (Å²) in [6.45, 7) is 6.04. The zero-order valence-electron chi connectivity index (χ0n) is 11.9. The molecule has 0 spiro atoms. The van der Waals surface area contributed by atoms with Crippen molar-refractivity contribution in [3.8, 4) is 0 Å². The van der Waals surface area contributed by atoms with Gasteiger partial charge in [-0.05, 0) is 45.1 Å². The average Bonchev–Trinajstić information content (AvgIpc) is 3.20. The molecule has 2 rings (SSSR count). The van der Waals surface area contributed by atoms with E-state index in [9.17, 15) is 8.42 Å². The number of hydrogen-bond donors (Lipinski definition) is 0. The lowest BCUT2D eigenvalue weighted by molar-refractivity contribution is 0.300. The van der Waals surface area contributed by atoms with Crippen LogP contribution in [0.3, 0.4) is 0 Å². The summed E-state index contributed by atoms with van der Waals surface area (Å²) in [5.74, 6) is 0.539. The Balaban J connectivity index is 2.24. The zero-order chi connectivity index (χ0) is 14.0. The van der Waals surface area contributed by atoms with Crippen LogP contribution >= 0.6 is 0 Å². The Morgan fingerprint density at radius 2 is 1.74 bits per heavy atom. The topological polar surface area (TPSA) is 37.4 Å². The van der Waals surface area contributed by atoms with Crippen LogP contribution in [0.4, 0.5) is 0 Å². The second-order valence-corrected chi connectivity index (χ2v) is 8.14. The molecule has 106 valence electrons. The highest BCUT2D eigenvalue weighted by Crippen LogP contribution is 2.37. The maximum Gasteiger partial charge on any atom is 0.216 e. The first kappa shape index (κ1) is 14.5. The Morgan fingerprint density at radius 1 is 1.16 bits per heavy atom. The van der Waals surface area contributed by atoms with Crippen LogP contribution in [0, 0.1) is 5.92 Å². The van der Waals surface area contributed by atoms with Crippen LogP contribution in [-0.4, -0.2) is 24.0 Å². The quantitative estimate of drug-likeness (QED) is 0.804. The maximum atomic E-state index is 12.5. The summed E-state index contributed by atoms with van der Waals surface area (Å²) in [5, 5.41) is -0.364. The Kier molecular flexibility index (Phi) is 4.31. The lowest BCUT2D eigenvalue weighted by atomic mass is 10.2. The maximum absolute atomic E-state index is 12.5. The summed E-state index contributed by atoms with van der Waals surface area (Å²) in [6.07, 6.45) is 2.31. The highest BCUT2D eigenvalue weighted by molar-refractivity contribution is 7.89. The van der Waals surface area contributed by atoms with Crippen LogP contribution in [0.5, 0.6) is 0 Å². The predicted octanol–water partition coefficient (Wildman–Crippen LogP) is 3.03. The fourth-order valence-electron chi connectivity index (χ4n) is 2.31. The Labute approximate surface area is 116 Å². The van der Waals surface area contributed by atoms with E-state index in [1.54, 1.807) is 18.2 Å². The van der Waals surface area contributed by atoms with E-state index in [0.717, 1.165) is 18.4 Å². The van der Waals surface area contributed by atoms with Crippen LogP contribution in [-0.2, 0) is 16.6 Å². The molecule has 1 aromatic carbocycles. The molecule has 0 N–H and O–H groups in total. The lowest BCUT2D eigenvalue weighted by Crippen LogP contribution is -2.42. The van der Waals surface area contributed by atoms with Gasteiger partial charge in [-0.1, -0.05) is 30.3 Å². The van der Waals surface area contributed by atoms with Gasteiger partial charge in [0.15, 0.2) is 0 Å². The van der Waals surface area contributed by atoms with Crippen LogP contribution in [0.1, 0.15) is 39.2 Å². The third-order valence-electron chi connectivity index (χ3n) is 3.86. The highest BCUT2D eigenvalue weighted by Gasteiger charge is 2.38. The monoisotopic (exact) mass is 281 g/mol. The van der Waals surface area contributed by atoms with Gasteiger partial charge in [-0.15, -0.1) is 0 Å². The Morgan fingerprint density at radius 3 is 2.21 bits per heavy atom. The van der Waals surface area contributed by atoms with E-state index in [4.69, 9.17) is 0 Å². The number of hydrogen-bond acceptors (Lipinski definition) is 2. The van der Waals surface area contributed by atoms with Gasteiger partial charge in [0, 0.05) is 12.6 Å². The fourth-order valence-corrected chi connectivity index (χ4v) is 3.82.